The maximum absolute atomic E-state index is 12.4. The number of carbonyl (C=O) groups is 1. The number of rotatable bonds is 9. The highest BCUT2D eigenvalue weighted by molar-refractivity contribution is 7.90. The van der Waals surface area contributed by atoms with E-state index in [9.17, 15) is 13.2 Å². The topological polar surface area (TPSA) is 69.7 Å². The van der Waals surface area contributed by atoms with Gasteiger partial charge in [0.15, 0.2) is 15.6 Å². The molecule has 0 N–H and O–H groups in total. The second-order valence-corrected chi connectivity index (χ2v) is 8.53. The lowest BCUT2D eigenvalue weighted by Gasteiger charge is -2.09. The molecule has 3 rings (SSSR count). The summed E-state index contributed by atoms with van der Waals surface area (Å²) in [6, 6.07) is 22.5. The van der Waals surface area contributed by atoms with Crippen LogP contribution in [0.25, 0.3) is 0 Å². The zero-order chi connectivity index (χ0) is 20.7. The van der Waals surface area contributed by atoms with Crippen LogP contribution in [0.4, 0.5) is 0 Å². The third kappa shape index (κ3) is 5.93. The van der Waals surface area contributed by atoms with Crippen molar-refractivity contribution in [2.45, 2.75) is 11.3 Å². The maximum atomic E-state index is 12.4. The quantitative estimate of drug-likeness (QED) is 0.391. The Bertz CT molecular complexity index is 1040. The summed E-state index contributed by atoms with van der Waals surface area (Å²) >= 11 is 0. The van der Waals surface area contributed by atoms with E-state index in [-0.39, 0.29) is 10.7 Å². The highest BCUT2D eigenvalue weighted by Crippen LogP contribution is 2.17. The van der Waals surface area contributed by atoms with Crippen molar-refractivity contribution in [3.63, 3.8) is 0 Å². The van der Waals surface area contributed by atoms with Crippen LogP contribution in [0.15, 0.2) is 83.8 Å². The van der Waals surface area contributed by atoms with Gasteiger partial charge in [-0.1, -0.05) is 30.3 Å². The van der Waals surface area contributed by atoms with Gasteiger partial charge < -0.3 is 9.47 Å². The first-order valence-corrected chi connectivity index (χ1v) is 11.1. The standard InChI is InChI=1S/C23H22O5S/c1-29(25,26)22-14-12-21(13-15-22)28-17-5-16-27-20-10-8-19(9-11-20)23(24)18-6-3-2-4-7-18/h2-4,6-15H,5,16-17H2,1H3. The van der Waals surface area contributed by atoms with Gasteiger partial charge in [0, 0.05) is 23.8 Å². The lowest BCUT2D eigenvalue weighted by atomic mass is 10.0. The highest BCUT2D eigenvalue weighted by Gasteiger charge is 2.08. The van der Waals surface area contributed by atoms with Gasteiger partial charge in [0.2, 0.25) is 0 Å². The van der Waals surface area contributed by atoms with Gasteiger partial charge in [0.1, 0.15) is 11.5 Å². The van der Waals surface area contributed by atoms with Crippen LogP contribution in [-0.2, 0) is 9.84 Å². The van der Waals surface area contributed by atoms with Crippen molar-refractivity contribution in [1.82, 2.24) is 0 Å². The monoisotopic (exact) mass is 410 g/mol. The minimum absolute atomic E-state index is 0.0209. The minimum atomic E-state index is -3.20. The SMILES string of the molecule is CS(=O)(=O)c1ccc(OCCCOc2ccc(C(=O)c3ccccc3)cc2)cc1. The molecule has 0 saturated heterocycles. The molecule has 0 spiro atoms. The summed E-state index contributed by atoms with van der Waals surface area (Å²) in [5, 5.41) is 0. The smallest absolute Gasteiger partial charge is 0.193 e. The lowest BCUT2D eigenvalue weighted by molar-refractivity contribution is 0.103. The van der Waals surface area contributed by atoms with Crippen LogP contribution >= 0.6 is 0 Å². The fourth-order valence-electron chi connectivity index (χ4n) is 2.68. The van der Waals surface area contributed by atoms with Crippen molar-refractivity contribution in [1.29, 1.82) is 0 Å². The van der Waals surface area contributed by atoms with Crippen molar-refractivity contribution in [2.24, 2.45) is 0 Å². The number of benzene rings is 3. The Hall–Kier alpha value is -3.12. The number of hydrogen-bond donors (Lipinski definition) is 0. The van der Waals surface area contributed by atoms with E-state index in [1.54, 1.807) is 48.5 Å². The van der Waals surface area contributed by atoms with E-state index in [1.165, 1.54) is 18.4 Å². The summed E-state index contributed by atoms with van der Waals surface area (Å²) in [7, 11) is -3.20. The lowest BCUT2D eigenvalue weighted by Crippen LogP contribution is -2.06. The van der Waals surface area contributed by atoms with Gasteiger partial charge in [0.25, 0.3) is 0 Å². The average Bonchev–Trinajstić information content (AvgIpc) is 2.74. The molecule has 0 atom stereocenters. The zero-order valence-electron chi connectivity index (χ0n) is 16.1. The predicted molar refractivity (Wildman–Crippen MR) is 111 cm³/mol. The molecule has 0 bridgehead atoms. The first kappa shape index (κ1) is 20.6. The van der Waals surface area contributed by atoms with E-state index in [0.717, 1.165) is 0 Å². The van der Waals surface area contributed by atoms with Crippen LogP contribution in [0, 0.1) is 0 Å². The molecule has 0 aromatic heterocycles. The molecule has 3 aromatic rings. The summed E-state index contributed by atoms with van der Waals surface area (Å²) in [5.41, 5.74) is 1.27. The number of hydrogen-bond acceptors (Lipinski definition) is 5. The first-order chi connectivity index (χ1) is 13.9. The maximum Gasteiger partial charge on any atom is 0.193 e. The summed E-state index contributed by atoms with van der Waals surface area (Å²) < 4.78 is 34.1. The molecular weight excluding hydrogens is 388 g/mol. The predicted octanol–water partition coefficient (Wildman–Crippen LogP) is 4.17. The zero-order valence-corrected chi connectivity index (χ0v) is 16.9. The van der Waals surface area contributed by atoms with Crippen molar-refractivity contribution in [3.05, 3.63) is 90.0 Å². The molecule has 6 heteroatoms. The molecule has 150 valence electrons. The number of carbonyl (C=O) groups excluding carboxylic acids is 1. The van der Waals surface area contributed by atoms with E-state index in [1.807, 2.05) is 18.2 Å². The Kier molecular flexibility index (Phi) is 6.67. The van der Waals surface area contributed by atoms with Crippen molar-refractivity contribution < 1.29 is 22.7 Å². The van der Waals surface area contributed by atoms with Crippen LogP contribution in [0.3, 0.4) is 0 Å². The minimum Gasteiger partial charge on any atom is -0.493 e. The van der Waals surface area contributed by atoms with Crippen LogP contribution in [-0.4, -0.2) is 33.7 Å². The Morgan fingerprint density at radius 1 is 0.724 bits per heavy atom. The van der Waals surface area contributed by atoms with Crippen LogP contribution in [0.5, 0.6) is 11.5 Å². The van der Waals surface area contributed by atoms with Crippen molar-refractivity contribution in [3.8, 4) is 11.5 Å². The Morgan fingerprint density at radius 3 is 1.72 bits per heavy atom. The average molecular weight is 410 g/mol. The van der Waals surface area contributed by atoms with Crippen molar-refractivity contribution in [2.75, 3.05) is 19.5 Å². The molecule has 29 heavy (non-hydrogen) atoms. The normalized spacial score (nSPS) is 11.1. The fourth-order valence-corrected chi connectivity index (χ4v) is 3.31. The molecule has 0 fully saturated rings. The molecular formula is C23H22O5S. The number of ether oxygens (including phenoxy) is 2. The molecule has 0 aliphatic carbocycles. The second kappa shape index (κ2) is 9.39. The molecule has 0 radical (unpaired) electrons. The van der Waals surface area contributed by atoms with Crippen LogP contribution in [0.1, 0.15) is 22.3 Å². The van der Waals surface area contributed by atoms with Gasteiger partial charge in [-0.05, 0) is 48.5 Å². The van der Waals surface area contributed by atoms with E-state index in [4.69, 9.17) is 9.47 Å². The van der Waals surface area contributed by atoms with Gasteiger partial charge >= 0.3 is 0 Å². The van der Waals surface area contributed by atoms with E-state index in [2.05, 4.69) is 0 Å². The fraction of sp³-hybridized carbons (Fsp3) is 0.174. The largest absolute Gasteiger partial charge is 0.493 e. The second-order valence-electron chi connectivity index (χ2n) is 6.51. The molecule has 5 nitrogen and oxygen atoms in total. The van der Waals surface area contributed by atoms with Gasteiger partial charge in [-0.3, -0.25) is 4.79 Å². The van der Waals surface area contributed by atoms with Crippen LogP contribution < -0.4 is 9.47 Å². The summed E-state index contributed by atoms with van der Waals surface area (Å²) in [5.74, 6) is 1.28. The molecule has 0 aliphatic heterocycles. The van der Waals surface area contributed by atoms with E-state index in [0.29, 0.717) is 42.3 Å². The summed E-state index contributed by atoms with van der Waals surface area (Å²) in [6.07, 6.45) is 1.84. The van der Waals surface area contributed by atoms with E-state index < -0.39 is 9.84 Å². The summed E-state index contributed by atoms with van der Waals surface area (Å²) in [6.45, 7) is 0.913. The van der Waals surface area contributed by atoms with Crippen molar-refractivity contribution >= 4 is 15.6 Å². The molecule has 0 amide bonds. The Labute approximate surface area is 170 Å². The molecule has 0 heterocycles. The van der Waals surface area contributed by atoms with Gasteiger partial charge in [-0.15, -0.1) is 0 Å². The molecule has 0 unspecified atom stereocenters. The molecule has 0 saturated carbocycles. The number of sulfone groups is 1. The van der Waals surface area contributed by atoms with Gasteiger partial charge in [-0.25, -0.2) is 8.42 Å². The Balaban J connectivity index is 1.42. The van der Waals surface area contributed by atoms with Gasteiger partial charge in [-0.2, -0.15) is 0 Å². The first-order valence-electron chi connectivity index (χ1n) is 9.19. The van der Waals surface area contributed by atoms with Crippen LogP contribution in [0.2, 0.25) is 0 Å². The third-order valence-electron chi connectivity index (χ3n) is 4.23. The molecule has 3 aromatic carbocycles. The summed E-state index contributed by atoms with van der Waals surface area (Å²) in [4.78, 5) is 12.6. The molecule has 0 aliphatic rings. The van der Waals surface area contributed by atoms with Gasteiger partial charge in [0.05, 0.1) is 18.1 Å². The Morgan fingerprint density at radius 2 is 1.21 bits per heavy atom. The third-order valence-corrected chi connectivity index (χ3v) is 5.36. The number of ketones is 1. The highest BCUT2D eigenvalue weighted by atomic mass is 32.2. The van der Waals surface area contributed by atoms with E-state index >= 15 is 0 Å².